The molecule has 0 bridgehead atoms. The fourth-order valence-electron chi connectivity index (χ4n) is 3.12. The first-order chi connectivity index (χ1) is 12.8. The van der Waals surface area contributed by atoms with Gasteiger partial charge in [0.05, 0.1) is 0 Å². The third-order valence-corrected chi connectivity index (χ3v) is 5.62. The Labute approximate surface area is 156 Å². The topological polar surface area (TPSA) is 56.2 Å². The molecular formula is C20H21N3O2S. The Bertz CT molecular complexity index is 903. The normalized spacial score (nSPS) is 16.7. The summed E-state index contributed by atoms with van der Waals surface area (Å²) in [6, 6.07) is 13.8. The number of pyridine rings is 1. The Morgan fingerprint density at radius 2 is 2.23 bits per heavy atom. The van der Waals surface area contributed by atoms with Crippen LogP contribution in [0.4, 0.5) is 0 Å². The smallest absolute Gasteiger partial charge is 0.251 e. The lowest BCUT2D eigenvalue weighted by molar-refractivity contribution is 0.0951. The molecule has 1 amide bonds. The van der Waals surface area contributed by atoms with Crippen molar-refractivity contribution < 1.29 is 9.53 Å². The van der Waals surface area contributed by atoms with Gasteiger partial charge in [-0.2, -0.15) is 11.8 Å². The van der Waals surface area contributed by atoms with Crippen LogP contribution in [-0.4, -0.2) is 39.6 Å². The van der Waals surface area contributed by atoms with E-state index in [1.807, 2.05) is 23.9 Å². The van der Waals surface area contributed by atoms with E-state index in [2.05, 4.69) is 39.3 Å². The number of carbonyl (C=O) groups excluding carboxylic acids is 1. The number of nitrogens with one attached hydrogen (secondary N) is 1. The molecule has 1 fully saturated rings. The Kier molecular flexibility index (Phi) is 5.11. The van der Waals surface area contributed by atoms with E-state index < -0.39 is 0 Å². The average molecular weight is 367 g/mol. The Morgan fingerprint density at radius 3 is 3.12 bits per heavy atom. The highest BCUT2D eigenvalue weighted by Gasteiger charge is 2.18. The molecule has 4 rings (SSSR count). The van der Waals surface area contributed by atoms with Crippen molar-refractivity contribution in [2.24, 2.45) is 0 Å². The van der Waals surface area contributed by atoms with Gasteiger partial charge >= 0.3 is 0 Å². The molecule has 1 N–H and O–H groups in total. The molecule has 1 atom stereocenters. The van der Waals surface area contributed by atoms with E-state index in [1.165, 1.54) is 10.9 Å². The van der Waals surface area contributed by atoms with Crippen LogP contribution in [0.3, 0.4) is 0 Å². The summed E-state index contributed by atoms with van der Waals surface area (Å²) in [4.78, 5) is 16.6. The van der Waals surface area contributed by atoms with Crippen LogP contribution in [0, 0.1) is 0 Å². The third kappa shape index (κ3) is 3.85. The number of hydrogen-bond acceptors (Lipinski definition) is 4. The molecule has 1 saturated heterocycles. The Balaban J connectivity index is 1.34. The van der Waals surface area contributed by atoms with E-state index in [4.69, 9.17) is 4.74 Å². The highest BCUT2D eigenvalue weighted by Crippen LogP contribution is 2.22. The van der Waals surface area contributed by atoms with Crippen molar-refractivity contribution in [2.75, 3.05) is 18.1 Å². The molecule has 3 aromatic rings. The number of amides is 1. The summed E-state index contributed by atoms with van der Waals surface area (Å²) in [7, 11) is 0. The van der Waals surface area contributed by atoms with E-state index in [-0.39, 0.29) is 12.0 Å². The summed E-state index contributed by atoms with van der Waals surface area (Å²) >= 11 is 1.89. The summed E-state index contributed by atoms with van der Waals surface area (Å²) < 4.78 is 8.01. The predicted octanol–water partition coefficient (Wildman–Crippen LogP) is 3.35. The van der Waals surface area contributed by atoms with Gasteiger partial charge in [0.15, 0.2) is 0 Å². The number of aromatic nitrogens is 2. The van der Waals surface area contributed by atoms with Gasteiger partial charge in [0.2, 0.25) is 5.88 Å². The number of hydrogen-bond donors (Lipinski definition) is 1. The number of para-hydroxylation sites is 1. The first-order valence-electron chi connectivity index (χ1n) is 8.82. The zero-order valence-corrected chi connectivity index (χ0v) is 15.2. The fourth-order valence-corrected chi connectivity index (χ4v) is 4.21. The molecule has 6 heteroatoms. The van der Waals surface area contributed by atoms with Gasteiger partial charge < -0.3 is 14.6 Å². The first-order valence-corrected chi connectivity index (χ1v) is 9.97. The van der Waals surface area contributed by atoms with Crippen molar-refractivity contribution in [3.63, 3.8) is 0 Å². The van der Waals surface area contributed by atoms with Crippen LogP contribution in [0.5, 0.6) is 5.88 Å². The predicted molar refractivity (Wildman–Crippen MR) is 105 cm³/mol. The number of fused-ring (bicyclic) bond motifs is 1. The maximum absolute atomic E-state index is 12.4. The molecule has 1 aliphatic heterocycles. The molecule has 1 aromatic carbocycles. The number of ether oxygens (including phenoxy) is 1. The quantitative estimate of drug-likeness (QED) is 0.726. The zero-order valence-electron chi connectivity index (χ0n) is 14.4. The van der Waals surface area contributed by atoms with Gasteiger partial charge in [-0.25, -0.2) is 4.98 Å². The van der Waals surface area contributed by atoms with Crippen molar-refractivity contribution in [3.05, 3.63) is 60.4 Å². The van der Waals surface area contributed by atoms with Crippen LogP contribution in [0.2, 0.25) is 0 Å². The fraction of sp³-hybridized carbons (Fsp3) is 0.300. The average Bonchev–Trinajstić information content (AvgIpc) is 3.32. The van der Waals surface area contributed by atoms with Crippen molar-refractivity contribution >= 4 is 28.6 Å². The molecule has 0 radical (unpaired) electrons. The highest BCUT2D eigenvalue weighted by molar-refractivity contribution is 7.99. The van der Waals surface area contributed by atoms with E-state index in [0.717, 1.165) is 24.5 Å². The molecule has 134 valence electrons. The summed E-state index contributed by atoms with van der Waals surface area (Å²) in [5.74, 6) is 2.54. The minimum atomic E-state index is -0.102. The van der Waals surface area contributed by atoms with Crippen molar-refractivity contribution in [1.82, 2.24) is 14.9 Å². The standard InChI is InChI=1S/C20H21N3O2S/c24-20(16-5-8-21-19(13-16)25-17-7-12-26-14-17)22-9-11-23-10-6-15-3-1-2-4-18(15)23/h1-6,8,10,13,17H,7,9,11-12,14H2,(H,22,24)/t17-/m1/s1. The molecule has 0 spiro atoms. The molecule has 0 unspecified atom stereocenters. The Morgan fingerprint density at radius 1 is 1.31 bits per heavy atom. The van der Waals surface area contributed by atoms with E-state index >= 15 is 0 Å². The molecule has 1 aliphatic rings. The molecule has 5 nitrogen and oxygen atoms in total. The number of carbonyl (C=O) groups is 1. The highest BCUT2D eigenvalue weighted by atomic mass is 32.2. The van der Waals surface area contributed by atoms with E-state index in [1.54, 1.807) is 18.3 Å². The molecule has 0 aliphatic carbocycles. The third-order valence-electron chi connectivity index (χ3n) is 4.49. The maximum Gasteiger partial charge on any atom is 0.251 e. The zero-order chi connectivity index (χ0) is 17.8. The van der Waals surface area contributed by atoms with E-state index in [9.17, 15) is 4.79 Å². The molecule has 0 saturated carbocycles. The van der Waals surface area contributed by atoms with Gasteiger partial charge in [-0.05, 0) is 35.8 Å². The van der Waals surface area contributed by atoms with Gasteiger partial charge in [0.25, 0.3) is 5.91 Å². The van der Waals surface area contributed by atoms with Crippen molar-refractivity contribution in [3.8, 4) is 5.88 Å². The first kappa shape index (κ1) is 17.0. The summed E-state index contributed by atoms with van der Waals surface area (Å²) in [6.07, 6.45) is 4.92. The van der Waals surface area contributed by atoms with E-state index in [0.29, 0.717) is 18.0 Å². The van der Waals surface area contributed by atoms with Gasteiger partial charge in [0, 0.05) is 48.4 Å². The second-order valence-electron chi connectivity index (χ2n) is 6.31. The lowest BCUT2D eigenvalue weighted by Crippen LogP contribution is -2.27. The Hall–Kier alpha value is -2.47. The van der Waals surface area contributed by atoms with Gasteiger partial charge in [-0.3, -0.25) is 4.79 Å². The van der Waals surface area contributed by atoms with Crippen LogP contribution in [0.25, 0.3) is 10.9 Å². The second kappa shape index (κ2) is 7.83. The molecule has 26 heavy (non-hydrogen) atoms. The van der Waals surface area contributed by atoms with Crippen LogP contribution in [0.1, 0.15) is 16.8 Å². The molecule has 2 aromatic heterocycles. The minimum Gasteiger partial charge on any atom is -0.473 e. The van der Waals surface area contributed by atoms with Crippen LogP contribution < -0.4 is 10.1 Å². The van der Waals surface area contributed by atoms with Gasteiger partial charge in [-0.1, -0.05) is 18.2 Å². The summed E-state index contributed by atoms with van der Waals surface area (Å²) in [5.41, 5.74) is 1.76. The number of nitrogens with zero attached hydrogens (tertiary/aromatic N) is 2. The number of rotatable bonds is 6. The lowest BCUT2D eigenvalue weighted by Gasteiger charge is -2.12. The van der Waals surface area contributed by atoms with Crippen molar-refractivity contribution in [1.29, 1.82) is 0 Å². The van der Waals surface area contributed by atoms with Crippen LogP contribution >= 0.6 is 11.8 Å². The van der Waals surface area contributed by atoms with Crippen molar-refractivity contribution in [2.45, 2.75) is 19.1 Å². The van der Waals surface area contributed by atoms with Gasteiger partial charge in [0.1, 0.15) is 6.10 Å². The number of thioether (sulfide) groups is 1. The largest absolute Gasteiger partial charge is 0.473 e. The molecule has 3 heterocycles. The number of benzene rings is 1. The lowest BCUT2D eigenvalue weighted by atomic mass is 10.2. The molecular weight excluding hydrogens is 346 g/mol. The van der Waals surface area contributed by atoms with Crippen LogP contribution in [-0.2, 0) is 6.54 Å². The second-order valence-corrected chi connectivity index (χ2v) is 7.46. The van der Waals surface area contributed by atoms with Gasteiger partial charge in [-0.15, -0.1) is 0 Å². The maximum atomic E-state index is 12.4. The van der Waals surface area contributed by atoms with Crippen LogP contribution in [0.15, 0.2) is 54.9 Å². The summed E-state index contributed by atoms with van der Waals surface area (Å²) in [5, 5.41) is 4.18. The monoisotopic (exact) mass is 367 g/mol. The SMILES string of the molecule is O=C(NCCn1ccc2ccccc21)c1ccnc(O[C@@H]2CCSC2)c1. The minimum absolute atomic E-state index is 0.102. The summed E-state index contributed by atoms with van der Waals surface area (Å²) in [6.45, 7) is 1.29.